The molecule has 0 radical (unpaired) electrons. The number of hydrogen-bond acceptors (Lipinski definition) is 7. The molecule has 0 bridgehead atoms. The molecule has 310 valence electrons. The molecule has 0 aromatic heterocycles. The highest BCUT2D eigenvalue weighted by atomic mass is 32.2. The molecule has 3 aromatic rings. The van der Waals surface area contributed by atoms with Crippen LogP contribution in [-0.2, 0) is 37.5 Å². The number of anilines is 1. The van der Waals surface area contributed by atoms with E-state index in [0.717, 1.165) is 59.7 Å². The first-order valence-electron chi connectivity index (χ1n) is 20.3. The molecular formula is C46H58N3O7S2+. The van der Waals surface area contributed by atoms with Gasteiger partial charge in [0.05, 0.1) is 16.9 Å². The first-order chi connectivity index (χ1) is 27.5. The molecule has 12 heteroatoms. The van der Waals surface area contributed by atoms with E-state index in [2.05, 4.69) is 103 Å². The standard InChI is InChI=1S/C46H57N3O7S2/c1-45(2)38-16-5-7-18-40(38)48(30-9-11-32-57(51,52)53)42(45)26-22-35-14-13-15-36(44(35)47-29-28-34-20-24-37(50)25-21-34)23-27-43-46(3,4)39-17-6-8-19-41(39)49(43)31-10-12-33-58(54,55)56/h5-8,16-27H,9-15,28-33H2,1-4H3,(H3,50,51,52,53,54,55,56)/p+1. The van der Waals surface area contributed by atoms with Crippen LogP contribution >= 0.6 is 0 Å². The van der Waals surface area contributed by atoms with Crippen molar-refractivity contribution in [2.75, 3.05) is 36.0 Å². The molecule has 0 amide bonds. The van der Waals surface area contributed by atoms with E-state index in [4.69, 9.17) is 0 Å². The molecule has 58 heavy (non-hydrogen) atoms. The Labute approximate surface area is 344 Å². The van der Waals surface area contributed by atoms with Gasteiger partial charge in [0.25, 0.3) is 20.2 Å². The van der Waals surface area contributed by atoms with Gasteiger partial charge in [-0.3, -0.25) is 9.11 Å². The maximum Gasteiger partial charge on any atom is 0.264 e. The lowest BCUT2D eigenvalue weighted by Gasteiger charge is -2.28. The van der Waals surface area contributed by atoms with Crippen LogP contribution in [0.15, 0.2) is 120 Å². The van der Waals surface area contributed by atoms with Crippen LogP contribution < -0.4 is 10.2 Å². The van der Waals surface area contributed by atoms with Crippen LogP contribution in [0.1, 0.15) is 89.3 Å². The zero-order valence-corrected chi connectivity index (χ0v) is 35.7. The summed E-state index contributed by atoms with van der Waals surface area (Å²) in [6.07, 6.45) is 14.4. The summed E-state index contributed by atoms with van der Waals surface area (Å²) in [5.41, 5.74) is 10.9. The van der Waals surface area contributed by atoms with Gasteiger partial charge in [-0.2, -0.15) is 21.4 Å². The molecule has 10 nitrogen and oxygen atoms in total. The quantitative estimate of drug-likeness (QED) is 0.0597. The van der Waals surface area contributed by atoms with E-state index in [0.29, 0.717) is 45.3 Å². The maximum absolute atomic E-state index is 11.5. The lowest BCUT2D eigenvalue weighted by molar-refractivity contribution is -0.438. The minimum atomic E-state index is -4.03. The molecule has 3 aliphatic rings. The van der Waals surface area contributed by atoms with E-state index < -0.39 is 20.2 Å². The molecule has 0 saturated heterocycles. The third-order valence-electron chi connectivity index (χ3n) is 11.7. The van der Waals surface area contributed by atoms with Gasteiger partial charge in [-0.15, -0.1) is 0 Å². The summed E-state index contributed by atoms with van der Waals surface area (Å²) in [6.45, 7) is 10.8. The Morgan fingerprint density at radius 3 is 2.12 bits per heavy atom. The highest BCUT2D eigenvalue weighted by Gasteiger charge is 2.44. The molecule has 0 saturated carbocycles. The average Bonchev–Trinajstić information content (AvgIpc) is 3.52. The first-order valence-corrected chi connectivity index (χ1v) is 23.5. The predicted octanol–water partition coefficient (Wildman–Crippen LogP) is 8.54. The zero-order valence-electron chi connectivity index (χ0n) is 34.1. The fraction of sp³-hybridized carbons (Fsp3) is 0.413. The molecule has 3 aromatic carbocycles. The van der Waals surface area contributed by atoms with E-state index in [1.54, 1.807) is 12.1 Å². The lowest BCUT2D eigenvalue weighted by atomic mass is 9.81. The fourth-order valence-electron chi connectivity index (χ4n) is 8.71. The van der Waals surface area contributed by atoms with Crippen molar-refractivity contribution in [3.63, 3.8) is 0 Å². The van der Waals surface area contributed by atoms with Crippen molar-refractivity contribution >= 4 is 37.3 Å². The molecule has 0 unspecified atom stereocenters. The number of para-hydroxylation sites is 2. The third kappa shape index (κ3) is 10.2. The number of unbranched alkanes of at least 4 members (excludes halogenated alkanes) is 2. The van der Waals surface area contributed by atoms with Gasteiger partial charge >= 0.3 is 0 Å². The van der Waals surface area contributed by atoms with Gasteiger partial charge in [0.2, 0.25) is 5.69 Å². The van der Waals surface area contributed by atoms with Gasteiger partial charge in [-0.1, -0.05) is 74.5 Å². The smallest absolute Gasteiger partial charge is 0.264 e. The fourth-order valence-corrected chi connectivity index (χ4v) is 9.85. The molecule has 2 heterocycles. The Kier molecular flexibility index (Phi) is 13.2. The van der Waals surface area contributed by atoms with Crippen molar-refractivity contribution in [2.45, 2.75) is 89.9 Å². The Morgan fingerprint density at radius 2 is 1.41 bits per heavy atom. The summed E-state index contributed by atoms with van der Waals surface area (Å²) in [4.78, 5) is 2.29. The highest BCUT2D eigenvalue weighted by molar-refractivity contribution is 7.86. The van der Waals surface area contributed by atoms with Crippen LogP contribution in [0.5, 0.6) is 5.75 Å². The molecule has 0 spiro atoms. The number of aromatic hydroxyl groups is 1. The zero-order chi connectivity index (χ0) is 41.7. The van der Waals surface area contributed by atoms with Crippen LogP contribution in [0.2, 0.25) is 0 Å². The topological polar surface area (TPSA) is 147 Å². The summed E-state index contributed by atoms with van der Waals surface area (Å²) in [5, 5.41) is 13.7. The molecule has 0 atom stereocenters. The number of nitrogens with one attached hydrogen (secondary N) is 1. The number of phenols is 1. The largest absolute Gasteiger partial charge is 0.508 e. The van der Waals surface area contributed by atoms with Crippen LogP contribution in [0.3, 0.4) is 0 Å². The Morgan fingerprint density at radius 1 is 0.759 bits per heavy atom. The Bertz CT molecular complexity index is 2370. The predicted molar refractivity (Wildman–Crippen MR) is 233 cm³/mol. The van der Waals surface area contributed by atoms with Gasteiger partial charge in [0.1, 0.15) is 12.3 Å². The van der Waals surface area contributed by atoms with Gasteiger partial charge in [0.15, 0.2) is 5.71 Å². The number of nitrogens with zero attached hydrogens (tertiary/aromatic N) is 2. The summed E-state index contributed by atoms with van der Waals surface area (Å²) >= 11 is 0. The SMILES string of the molecule is CC1(C)C(=CC=C2CCCC(C=CC3=[N+](CCCCS(=O)(=O)O)c4ccccc4C3(C)C)=C2NCCc2ccc(O)cc2)N(CCCCS(=O)(=O)O)c2ccccc21. The number of hydrogen-bond donors (Lipinski definition) is 4. The van der Waals surface area contributed by atoms with Gasteiger partial charge in [0, 0.05) is 59.7 Å². The maximum atomic E-state index is 11.5. The average molecular weight is 829 g/mol. The minimum Gasteiger partial charge on any atom is -0.508 e. The molecule has 4 N–H and O–H groups in total. The van der Waals surface area contributed by atoms with Crippen molar-refractivity contribution in [3.05, 3.63) is 136 Å². The van der Waals surface area contributed by atoms with Gasteiger partial charge < -0.3 is 15.3 Å². The second-order valence-corrected chi connectivity index (χ2v) is 19.8. The van der Waals surface area contributed by atoms with E-state index in [1.165, 1.54) is 22.3 Å². The minimum absolute atomic E-state index is 0.240. The Hall–Kier alpha value is -4.49. The number of fused-ring (bicyclic) bond motifs is 2. The van der Waals surface area contributed by atoms with E-state index >= 15 is 0 Å². The van der Waals surface area contributed by atoms with Crippen molar-refractivity contribution in [3.8, 4) is 5.75 Å². The van der Waals surface area contributed by atoms with Gasteiger partial charge in [-0.05, 0) is 105 Å². The van der Waals surface area contributed by atoms with Crippen LogP contribution in [0, 0.1) is 0 Å². The van der Waals surface area contributed by atoms with Crippen molar-refractivity contribution in [1.82, 2.24) is 5.32 Å². The molecule has 1 aliphatic carbocycles. The number of benzene rings is 3. The summed E-state index contributed by atoms with van der Waals surface area (Å²) in [7, 11) is -8.06. The second kappa shape index (κ2) is 17.8. The van der Waals surface area contributed by atoms with E-state index in [9.17, 15) is 31.0 Å². The molecule has 6 rings (SSSR count). The Balaban J connectivity index is 1.37. The van der Waals surface area contributed by atoms with E-state index in [-0.39, 0.29) is 28.1 Å². The molecule has 2 aliphatic heterocycles. The summed E-state index contributed by atoms with van der Waals surface area (Å²) in [6, 6.07) is 24.0. The highest BCUT2D eigenvalue weighted by Crippen LogP contribution is 2.48. The monoisotopic (exact) mass is 828 g/mol. The van der Waals surface area contributed by atoms with Crippen LogP contribution in [-0.4, -0.2) is 72.5 Å². The van der Waals surface area contributed by atoms with Crippen LogP contribution in [0.25, 0.3) is 0 Å². The van der Waals surface area contributed by atoms with Crippen molar-refractivity contribution < 1.29 is 35.6 Å². The summed E-state index contributed by atoms with van der Waals surface area (Å²) in [5.74, 6) is -0.281. The van der Waals surface area contributed by atoms with Gasteiger partial charge in [-0.25, -0.2) is 0 Å². The number of phenolic OH excluding ortho intramolecular Hbond substituents is 1. The molecular weight excluding hydrogens is 771 g/mol. The normalized spacial score (nSPS) is 19.1. The molecule has 0 fully saturated rings. The van der Waals surface area contributed by atoms with Crippen LogP contribution in [0.4, 0.5) is 11.4 Å². The second-order valence-electron chi connectivity index (χ2n) is 16.6. The summed E-state index contributed by atoms with van der Waals surface area (Å²) < 4.78 is 66.9. The number of allylic oxidation sites excluding steroid dienone is 7. The third-order valence-corrected chi connectivity index (χ3v) is 13.3. The van der Waals surface area contributed by atoms with E-state index in [1.807, 2.05) is 24.3 Å². The number of rotatable bonds is 17. The lowest BCUT2D eigenvalue weighted by Crippen LogP contribution is -2.28. The first kappa shape index (κ1) is 43.1. The van der Waals surface area contributed by atoms with Crippen molar-refractivity contribution in [2.24, 2.45) is 0 Å². The van der Waals surface area contributed by atoms with Crippen molar-refractivity contribution in [1.29, 1.82) is 0 Å².